The molecule has 0 bridgehead atoms. The predicted octanol–water partition coefficient (Wildman–Crippen LogP) is 3.25. The maximum Gasteiger partial charge on any atom is 0.278 e. The van der Waals surface area contributed by atoms with E-state index in [4.69, 9.17) is 4.74 Å². The predicted molar refractivity (Wildman–Crippen MR) is 149 cm³/mol. The Morgan fingerprint density at radius 1 is 1.12 bits per heavy atom. The summed E-state index contributed by atoms with van der Waals surface area (Å²) < 4.78 is 48.9. The van der Waals surface area contributed by atoms with Gasteiger partial charge >= 0.3 is 0 Å². The molecule has 4 rings (SSSR count). The number of aliphatic hydroxyl groups is 1. The number of nitrogens with one attached hydrogen (secondary N) is 1. The van der Waals surface area contributed by atoms with Gasteiger partial charge in [-0.3, -0.25) is 24.1 Å². The molecule has 0 radical (unpaired) electrons. The van der Waals surface area contributed by atoms with Crippen molar-refractivity contribution in [3.63, 3.8) is 0 Å². The summed E-state index contributed by atoms with van der Waals surface area (Å²) in [5, 5.41) is 13.8. The second-order valence-electron chi connectivity index (χ2n) is 9.52. The highest BCUT2D eigenvalue weighted by Crippen LogP contribution is 2.26. The Balaban J connectivity index is 1.83. The molecule has 2 amide bonds. The summed E-state index contributed by atoms with van der Waals surface area (Å²) in [6.45, 7) is 7.91. The van der Waals surface area contributed by atoms with E-state index in [0.29, 0.717) is 17.7 Å². The van der Waals surface area contributed by atoms with Crippen molar-refractivity contribution in [3.8, 4) is 5.75 Å². The average Bonchev–Trinajstić information content (AvgIpc) is 2.97. The molecule has 2 aromatic carbocycles. The lowest BCUT2D eigenvalue weighted by Crippen LogP contribution is -2.60. The molecule has 0 spiro atoms. The lowest BCUT2D eigenvalue weighted by molar-refractivity contribution is 0.0563. The molecule has 1 aromatic heterocycles. The SMILES string of the molecule is C=CC(CO)N1CN(C(C)C=C)n2cc(C(=O)NCc3c(F)cc(F)cc3F)c(=O)c(OCc3ccccc3)c2C1=O. The van der Waals surface area contributed by atoms with E-state index in [1.54, 1.807) is 48.3 Å². The van der Waals surface area contributed by atoms with Crippen molar-refractivity contribution >= 4 is 11.8 Å². The molecular formula is C30H29F3N4O5. The Morgan fingerprint density at radius 2 is 1.79 bits per heavy atom. The van der Waals surface area contributed by atoms with Gasteiger partial charge in [-0.25, -0.2) is 13.2 Å². The average molecular weight is 583 g/mol. The van der Waals surface area contributed by atoms with Crippen LogP contribution in [0.3, 0.4) is 0 Å². The summed E-state index contributed by atoms with van der Waals surface area (Å²) in [4.78, 5) is 42.1. The number of aliphatic hydroxyl groups excluding tert-OH is 1. The number of ether oxygens (including phenoxy) is 1. The van der Waals surface area contributed by atoms with Crippen molar-refractivity contribution < 1.29 is 32.6 Å². The van der Waals surface area contributed by atoms with Crippen molar-refractivity contribution in [2.24, 2.45) is 0 Å². The Hall–Kier alpha value is -4.84. The first-order chi connectivity index (χ1) is 20.1. The maximum absolute atomic E-state index is 14.2. The van der Waals surface area contributed by atoms with E-state index in [0.717, 1.165) is 6.20 Å². The van der Waals surface area contributed by atoms with Crippen LogP contribution in [-0.4, -0.2) is 51.9 Å². The van der Waals surface area contributed by atoms with Crippen molar-refractivity contribution in [1.29, 1.82) is 0 Å². The molecular weight excluding hydrogens is 553 g/mol. The zero-order valence-corrected chi connectivity index (χ0v) is 22.7. The normalized spacial score (nSPS) is 14.2. The molecule has 220 valence electrons. The fourth-order valence-electron chi connectivity index (χ4n) is 4.43. The van der Waals surface area contributed by atoms with Gasteiger partial charge in [0.05, 0.1) is 18.7 Å². The van der Waals surface area contributed by atoms with E-state index in [-0.39, 0.29) is 19.0 Å². The molecule has 0 saturated heterocycles. The van der Waals surface area contributed by atoms with Gasteiger partial charge in [-0.2, -0.15) is 0 Å². The Bertz CT molecular complexity index is 1550. The number of aromatic nitrogens is 1. The summed E-state index contributed by atoms with van der Waals surface area (Å²) in [6.07, 6.45) is 4.10. The standard InChI is InChI=1S/C30H29F3N4O5/c1-4-18(3)37-17-35(21(5-2)15-38)30(41)26-28(42-16-19-9-7-6-8-10-19)27(39)23(14-36(26)37)29(40)34-13-22-24(32)11-20(31)12-25(22)33/h4-12,14,18,21,38H,1-2,13,15-17H2,3H3,(H,34,40). The number of carbonyl (C=O) groups is 2. The summed E-state index contributed by atoms with van der Waals surface area (Å²) in [5.74, 6) is -5.66. The number of rotatable bonds is 11. The highest BCUT2D eigenvalue weighted by molar-refractivity contribution is 5.99. The molecule has 2 heterocycles. The lowest BCUT2D eigenvalue weighted by Gasteiger charge is -2.44. The highest BCUT2D eigenvalue weighted by Gasteiger charge is 2.38. The molecule has 0 fully saturated rings. The number of hydrogen-bond donors (Lipinski definition) is 2. The van der Waals surface area contributed by atoms with Crippen LogP contribution >= 0.6 is 0 Å². The molecule has 1 aliphatic heterocycles. The van der Waals surface area contributed by atoms with Crippen LogP contribution in [0, 0.1) is 17.5 Å². The van der Waals surface area contributed by atoms with Gasteiger partial charge in [0.1, 0.15) is 36.3 Å². The van der Waals surface area contributed by atoms with Gasteiger partial charge in [-0.15, -0.1) is 13.2 Å². The van der Waals surface area contributed by atoms with E-state index in [9.17, 15) is 32.7 Å². The topological polar surface area (TPSA) is 104 Å². The third kappa shape index (κ3) is 5.93. The van der Waals surface area contributed by atoms with E-state index in [1.165, 1.54) is 15.7 Å². The van der Waals surface area contributed by atoms with Crippen LogP contribution in [0.15, 0.2) is 78.8 Å². The molecule has 0 aliphatic carbocycles. The number of benzene rings is 2. The molecule has 3 aromatic rings. The largest absolute Gasteiger partial charge is 0.482 e. The highest BCUT2D eigenvalue weighted by atomic mass is 19.1. The summed E-state index contributed by atoms with van der Waals surface area (Å²) in [6, 6.07) is 8.49. The number of fused-ring (bicyclic) bond motifs is 1. The minimum Gasteiger partial charge on any atom is -0.482 e. The third-order valence-electron chi connectivity index (χ3n) is 6.86. The first-order valence-corrected chi connectivity index (χ1v) is 12.9. The molecule has 42 heavy (non-hydrogen) atoms. The fourth-order valence-corrected chi connectivity index (χ4v) is 4.43. The number of halogens is 3. The second-order valence-corrected chi connectivity index (χ2v) is 9.52. The fraction of sp³-hybridized carbons (Fsp3) is 0.233. The number of pyridine rings is 1. The number of nitrogens with zero attached hydrogens (tertiary/aromatic N) is 3. The third-order valence-corrected chi connectivity index (χ3v) is 6.86. The zero-order valence-electron chi connectivity index (χ0n) is 22.7. The first-order valence-electron chi connectivity index (χ1n) is 12.9. The van der Waals surface area contributed by atoms with Crippen molar-refractivity contribution in [2.75, 3.05) is 18.3 Å². The van der Waals surface area contributed by atoms with Crippen LogP contribution in [0.2, 0.25) is 0 Å². The maximum atomic E-state index is 14.2. The number of amides is 2. The summed E-state index contributed by atoms with van der Waals surface area (Å²) in [7, 11) is 0. The zero-order chi connectivity index (χ0) is 30.6. The van der Waals surface area contributed by atoms with E-state index in [1.807, 2.05) is 0 Å². The van der Waals surface area contributed by atoms with Crippen molar-refractivity contribution in [3.05, 3.63) is 124 Å². The van der Waals surface area contributed by atoms with Gasteiger partial charge in [0.2, 0.25) is 5.43 Å². The Morgan fingerprint density at radius 3 is 2.38 bits per heavy atom. The summed E-state index contributed by atoms with van der Waals surface area (Å²) in [5.41, 5.74) is -1.56. The van der Waals surface area contributed by atoms with Crippen molar-refractivity contribution in [2.45, 2.75) is 32.2 Å². The molecule has 2 atom stereocenters. The van der Waals surface area contributed by atoms with Gasteiger partial charge in [0.15, 0.2) is 11.4 Å². The molecule has 2 unspecified atom stereocenters. The van der Waals surface area contributed by atoms with Gasteiger partial charge in [-0.05, 0) is 12.5 Å². The quantitative estimate of drug-likeness (QED) is 0.337. The van der Waals surface area contributed by atoms with Gasteiger partial charge in [0.25, 0.3) is 11.8 Å². The van der Waals surface area contributed by atoms with Crippen LogP contribution in [0.5, 0.6) is 5.75 Å². The molecule has 9 nitrogen and oxygen atoms in total. The van der Waals surface area contributed by atoms with E-state index >= 15 is 0 Å². The molecule has 12 heteroatoms. The van der Waals surface area contributed by atoms with Crippen molar-refractivity contribution in [1.82, 2.24) is 14.9 Å². The lowest BCUT2D eigenvalue weighted by atomic mass is 10.1. The van der Waals surface area contributed by atoms with E-state index < -0.39 is 76.8 Å². The summed E-state index contributed by atoms with van der Waals surface area (Å²) >= 11 is 0. The number of hydrogen-bond acceptors (Lipinski definition) is 6. The van der Waals surface area contributed by atoms with E-state index in [2.05, 4.69) is 18.5 Å². The first kappa shape index (κ1) is 30.1. The van der Waals surface area contributed by atoms with Crippen LogP contribution in [-0.2, 0) is 13.2 Å². The second kappa shape index (κ2) is 12.8. The minimum absolute atomic E-state index is 0.0790. The van der Waals surface area contributed by atoms with Crippen LogP contribution < -0.4 is 20.5 Å². The Labute approximate surface area is 239 Å². The van der Waals surface area contributed by atoms with Gasteiger partial charge in [0, 0.05) is 30.4 Å². The van der Waals surface area contributed by atoms with Crippen LogP contribution in [0.4, 0.5) is 13.2 Å². The Kier molecular flexibility index (Phi) is 9.16. The van der Waals surface area contributed by atoms with Gasteiger partial charge in [-0.1, -0.05) is 42.5 Å². The molecule has 0 saturated carbocycles. The minimum atomic E-state index is -1.21. The smallest absolute Gasteiger partial charge is 0.278 e. The molecule has 1 aliphatic rings. The molecule has 2 N–H and O–H groups in total. The number of carbonyl (C=O) groups excluding carboxylic acids is 2. The van der Waals surface area contributed by atoms with Crippen LogP contribution in [0.1, 0.15) is 38.9 Å². The van der Waals surface area contributed by atoms with Gasteiger partial charge < -0.3 is 20.1 Å². The van der Waals surface area contributed by atoms with Crippen LogP contribution in [0.25, 0.3) is 0 Å². The monoisotopic (exact) mass is 582 g/mol.